The van der Waals surface area contributed by atoms with Crippen LogP contribution in [0, 0.1) is 23.7 Å². The second-order valence-electron chi connectivity index (χ2n) is 11.1. The molecular formula is C30H47NO6. The molecule has 3 unspecified atom stereocenters. The summed E-state index contributed by atoms with van der Waals surface area (Å²) in [6, 6.07) is 2.01. The van der Waals surface area contributed by atoms with Crippen molar-refractivity contribution >= 4 is 23.0 Å². The molecule has 0 saturated carbocycles. The van der Waals surface area contributed by atoms with Crippen molar-refractivity contribution in [1.82, 2.24) is 0 Å². The molecule has 0 spiro atoms. The molecule has 0 amide bonds. The van der Waals surface area contributed by atoms with Gasteiger partial charge in [-0.25, -0.2) is 0 Å². The fourth-order valence-corrected chi connectivity index (χ4v) is 5.99. The number of hydrogen-bond donors (Lipinski definition) is 3. The molecule has 0 saturated heterocycles. The van der Waals surface area contributed by atoms with Crippen molar-refractivity contribution in [2.75, 3.05) is 32.2 Å². The Morgan fingerprint density at radius 3 is 2.32 bits per heavy atom. The first-order chi connectivity index (χ1) is 17.6. The quantitative estimate of drug-likeness (QED) is 0.276. The number of aromatic hydroxyl groups is 1. The number of carbonyl (C=O) groups is 3. The van der Waals surface area contributed by atoms with Crippen molar-refractivity contribution in [2.45, 2.75) is 85.0 Å². The average molecular weight is 518 g/mol. The van der Waals surface area contributed by atoms with Gasteiger partial charge < -0.3 is 20.2 Å². The third-order valence-electron chi connectivity index (χ3n) is 8.14. The highest BCUT2D eigenvalue weighted by Gasteiger charge is 2.36. The smallest absolute Gasteiger partial charge is 0.167 e. The Morgan fingerprint density at radius 1 is 1.11 bits per heavy atom. The fraction of sp³-hybridized carbons (Fsp3) is 0.700. The van der Waals surface area contributed by atoms with E-state index >= 15 is 0 Å². The maximum Gasteiger partial charge on any atom is 0.167 e. The Kier molecular flexibility index (Phi) is 12.2. The summed E-state index contributed by atoms with van der Waals surface area (Å²) in [7, 11) is 3.87. The lowest BCUT2D eigenvalue weighted by atomic mass is 9.73. The van der Waals surface area contributed by atoms with Crippen LogP contribution in [0.25, 0.3) is 0 Å². The van der Waals surface area contributed by atoms with Crippen LogP contribution in [0.3, 0.4) is 0 Å². The standard InChI is InChI=1S/C30H47NO6/c1-6-20(7-2)9-8-10-23-17-26(31(4)5)24-15-21(16-28(36)29(24)30(23)37)14-22(11-12-32)25(18-33)27(35)13-19(3)34/h17,20-22,25,32-33,37H,6-16,18H2,1-5H3. The van der Waals surface area contributed by atoms with Crippen molar-refractivity contribution in [3.63, 3.8) is 0 Å². The second-order valence-corrected chi connectivity index (χ2v) is 11.1. The number of benzene rings is 1. The molecule has 3 atom stereocenters. The van der Waals surface area contributed by atoms with Crippen LogP contribution in [-0.4, -0.2) is 60.0 Å². The molecule has 7 heteroatoms. The number of aliphatic hydroxyl groups excluding tert-OH is 2. The third kappa shape index (κ3) is 8.11. The predicted molar refractivity (Wildman–Crippen MR) is 146 cm³/mol. The summed E-state index contributed by atoms with van der Waals surface area (Å²) < 4.78 is 0. The average Bonchev–Trinajstić information content (AvgIpc) is 2.82. The number of carbonyl (C=O) groups excluding carboxylic acids is 3. The molecular weight excluding hydrogens is 470 g/mol. The Bertz CT molecular complexity index is 936. The van der Waals surface area contributed by atoms with Gasteiger partial charge in [-0.15, -0.1) is 0 Å². The van der Waals surface area contributed by atoms with Crippen LogP contribution < -0.4 is 4.90 Å². The molecule has 0 aromatic heterocycles. The monoisotopic (exact) mass is 517 g/mol. The first-order valence-corrected chi connectivity index (χ1v) is 13.9. The van der Waals surface area contributed by atoms with E-state index in [2.05, 4.69) is 13.8 Å². The topological polar surface area (TPSA) is 115 Å². The summed E-state index contributed by atoms with van der Waals surface area (Å²) in [5, 5.41) is 30.7. The van der Waals surface area contributed by atoms with Gasteiger partial charge in [-0.3, -0.25) is 14.4 Å². The number of ketones is 3. The molecule has 1 aromatic rings. The van der Waals surface area contributed by atoms with E-state index in [9.17, 15) is 29.7 Å². The van der Waals surface area contributed by atoms with Gasteiger partial charge in [-0.1, -0.05) is 33.1 Å². The number of aliphatic hydroxyl groups is 2. The first-order valence-electron chi connectivity index (χ1n) is 13.9. The molecule has 0 bridgehead atoms. The Balaban J connectivity index is 2.32. The van der Waals surface area contributed by atoms with Crippen LogP contribution in [0.4, 0.5) is 5.69 Å². The maximum atomic E-state index is 13.4. The van der Waals surface area contributed by atoms with E-state index in [4.69, 9.17) is 0 Å². The highest BCUT2D eigenvalue weighted by atomic mass is 16.3. The minimum absolute atomic E-state index is 0.0884. The van der Waals surface area contributed by atoms with Crippen molar-refractivity contribution in [3.8, 4) is 5.75 Å². The van der Waals surface area contributed by atoms with Gasteiger partial charge in [-0.2, -0.15) is 0 Å². The number of phenols is 1. The van der Waals surface area contributed by atoms with E-state index in [1.54, 1.807) is 0 Å². The zero-order valence-electron chi connectivity index (χ0n) is 23.4. The minimum Gasteiger partial charge on any atom is -0.507 e. The number of nitrogens with zero attached hydrogens (tertiary/aromatic N) is 1. The molecule has 2 rings (SSSR count). The van der Waals surface area contributed by atoms with Gasteiger partial charge >= 0.3 is 0 Å². The first kappa shape index (κ1) is 31.0. The normalized spacial score (nSPS) is 17.0. The molecule has 1 aliphatic carbocycles. The molecule has 37 heavy (non-hydrogen) atoms. The van der Waals surface area contributed by atoms with Crippen LogP contribution >= 0.6 is 0 Å². The zero-order chi connectivity index (χ0) is 27.7. The van der Waals surface area contributed by atoms with Gasteiger partial charge in [-0.05, 0) is 74.0 Å². The number of hydrogen-bond acceptors (Lipinski definition) is 7. The number of Topliss-reactive ketones (excluding diaryl/α,β-unsaturated/α-hetero) is 3. The van der Waals surface area contributed by atoms with E-state index in [1.807, 2.05) is 25.1 Å². The van der Waals surface area contributed by atoms with Crippen LogP contribution in [0.1, 0.15) is 93.6 Å². The SMILES string of the molecule is CCC(CC)CCCc1cc(N(C)C)c2c(c1O)C(=O)CC(CC(CCO)C(CO)C(=O)CC(C)=O)C2. The second kappa shape index (κ2) is 14.6. The van der Waals surface area contributed by atoms with E-state index in [0.29, 0.717) is 30.7 Å². The van der Waals surface area contributed by atoms with Crippen LogP contribution in [-0.2, 0) is 22.4 Å². The largest absolute Gasteiger partial charge is 0.507 e. The van der Waals surface area contributed by atoms with E-state index in [-0.39, 0.29) is 54.4 Å². The molecule has 1 aliphatic rings. The fourth-order valence-electron chi connectivity index (χ4n) is 5.99. The van der Waals surface area contributed by atoms with Crippen molar-refractivity contribution in [3.05, 3.63) is 22.8 Å². The summed E-state index contributed by atoms with van der Waals surface area (Å²) in [6.07, 6.45) is 6.43. The zero-order valence-corrected chi connectivity index (χ0v) is 23.4. The van der Waals surface area contributed by atoms with Crippen molar-refractivity contribution in [2.24, 2.45) is 23.7 Å². The summed E-state index contributed by atoms with van der Waals surface area (Å²) in [6.45, 7) is 5.22. The number of anilines is 1. The molecule has 0 radical (unpaired) electrons. The predicted octanol–water partition coefficient (Wildman–Crippen LogP) is 4.51. The molecule has 1 aromatic carbocycles. The van der Waals surface area contributed by atoms with Crippen LogP contribution in [0.15, 0.2) is 6.07 Å². The number of fused-ring (bicyclic) bond motifs is 1. The number of rotatable bonds is 16. The van der Waals surface area contributed by atoms with Crippen molar-refractivity contribution in [1.29, 1.82) is 0 Å². The molecule has 0 aliphatic heterocycles. The lowest BCUT2D eigenvalue weighted by Gasteiger charge is -2.33. The Hall–Kier alpha value is -2.25. The van der Waals surface area contributed by atoms with E-state index in [0.717, 1.165) is 48.9 Å². The van der Waals surface area contributed by atoms with E-state index in [1.165, 1.54) is 6.92 Å². The molecule has 7 nitrogen and oxygen atoms in total. The molecule has 208 valence electrons. The van der Waals surface area contributed by atoms with E-state index < -0.39 is 12.5 Å². The Morgan fingerprint density at radius 2 is 1.78 bits per heavy atom. The Labute approximate surface area is 222 Å². The number of aryl methyl sites for hydroxylation is 1. The summed E-state index contributed by atoms with van der Waals surface area (Å²) >= 11 is 0. The molecule has 0 fully saturated rings. The summed E-state index contributed by atoms with van der Waals surface area (Å²) in [5.74, 6) is -1.07. The van der Waals surface area contributed by atoms with Gasteiger partial charge in [0.25, 0.3) is 0 Å². The molecule has 3 N–H and O–H groups in total. The van der Waals surface area contributed by atoms with Gasteiger partial charge in [0.2, 0.25) is 0 Å². The highest BCUT2D eigenvalue weighted by molar-refractivity contribution is 6.03. The lowest BCUT2D eigenvalue weighted by molar-refractivity contribution is -0.131. The van der Waals surface area contributed by atoms with Gasteiger partial charge in [0.15, 0.2) is 5.78 Å². The van der Waals surface area contributed by atoms with Gasteiger partial charge in [0, 0.05) is 38.7 Å². The highest BCUT2D eigenvalue weighted by Crippen LogP contribution is 2.42. The van der Waals surface area contributed by atoms with Gasteiger partial charge in [0.1, 0.15) is 17.3 Å². The maximum absolute atomic E-state index is 13.4. The minimum atomic E-state index is -0.744. The third-order valence-corrected chi connectivity index (χ3v) is 8.14. The summed E-state index contributed by atoms with van der Waals surface area (Å²) in [4.78, 5) is 39.5. The van der Waals surface area contributed by atoms with Crippen LogP contribution in [0.5, 0.6) is 5.75 Å². The van der Waals surface area contributed by atoms with Gasteiger partial charge in [0.05, 0.1) is 18.6 Å². The van der Waals surface area contributed by atoms with Crippen LogP contribution in [0.2, 0.25) is 0 Å². The van der Waals surface area contributed by atoms with Crippen molar-refractivity contribution < 1.29 is 29.7 Å². The lowest BCUT2D eigenvalue weighted by Crippen LogP contribution is -2.33. The summed E-state index contributed by atoms with van der Waals surface area (Å²) in [5.41, 5.74) is 2.98. The molecule has 0 heterocycles. The number of phenolic OH excluding ortho intramolecular Hbond substituents is 1.